The van der Waals surface area contributed by atoms with Crippen LogP contribution < -0.4 is 4.90 Å². The molecule has 1 aliphatic rings. The van der Waals surface area contributed by atoms with Gasteiger partial charge in [-0.3, -0.25) is 0 Å². The third-order valence-corrected chi connectivity index (χ3v) is 5.40. The van der Waals surface area contributed by atoms with Gasteiger partial charge in [0.15, 0.2) is 0 Å². The largest absolute Gasteiger partial charge is 0.389 e. The number of thioether (sulfide) groups is 1. The van der Waals surface area contributed by atoms with Gasteiger partial charge in [0.25, 0.3) is 0 Å². The molecular weight excluding hydrogens is 310 g/mol. The maximum absolute atomic E-state index is 9.63. The lowest BCUT2D eigenvalue weighted by molar-refractivity contribution is 0.198. The van der Waals surface area contributed by atoms with Gasteiger partial charge in [0.1, 0.15) is 0 Å². The second-order valence-electron chi connectivity index (χ2n) is 4.80. The fraction of sp³-hybridized carbons (Fsp3) is 0.571. The molecule has 1 N–H and O–H groups in total. The molecule has 1 fully saturated rings. The second kappa shape index (κ2) is 6.31. The molecule has 2 nitrogen and oxygen atoms in total. The standard InChI is InChI=1S/C14H20BrNOS/c1-10(17)13-4-3-11(9-14(13)15)16-7-5-12(18-2)6-8-16/h3-4,9-10,12,17H,5-8H2,1-2H3. The van der Waals surface area contributed by atoms with E-state index in [0.29, 0.717) is 0 Å². The van der Waals surface area contributed by atoms with E-state index in [1.807, 2.05) is 17.8 Å². The normalized spacial score (nSPS) is 19.0. The number of anilines is 1. The zero-order valence-electron chi connectivity index (χ0n) is 10.9. The summed E-state index contributed by atoms with van der Waals surface area (Å²) in [4.78, 5) is 2.43. The average molecular weight is 330 g/mol. The van der Waals surface area contributed by atoms with Gasteiger partial charge < -0.3 is 10.0 Å². The summed E-state index contributed by atoms with van der Waals surface area (Å²) in [5, 5.41) is 10.4. The zero-order valence-corrected chi connectivity index (χ0v) is 13.3. The van der Waals surface area contributed by atoms with Crippen LogP contribution in [0.5, 0.6) is 0 Å². The number of nitrogens with zero attached hydrogens (tertiary/aromatic N) is 1. The van der Waals surface area contributed by atoms with Crippen LogP contribution in [-0.2, 0) is 0 Å². The van der Waals surface area contributed by atoms with Crippen LogP contribution in [0.25, 0.3) is 0 Å². The van der Waals surface area contributed by atoms with Crippen LogP contribution in [0.15, 0.2) is 22.7 Å². The summed E-state index contributed by atoms with van der Waals surface area (Å²) in [5.74, 6) is 0. The van der Waals surface area contributed by atoms with Crippen LogP contribution in [0, 0.1) is 0 Å². The monoisotopic (exact) mass is 329 g/mol. The summed E-state index contributed by atoms with van der Waals surface area (Å²) in [7, 11) is 0. The number of hydrogen-bond acceptors (Lipinski definition) is 3. The lowest BCUT2D eigenvalue weighted by atomic mass is 10.1. The zero-order chi connectivity index (χ0) is 13.1. The van der Waals surface area contributed by atoms with Gasteiger partial charge in [0, 0.05) is 28.5 Å². The SMILES string of the molecule is CSC1CCN(c2ccc(C(C)O)c(Br)c2)CC1. The van der Waals surface area contributed by atoms with Crippen molar-refractivity contribution >= 4 is 33.4 Å². The van der Waals surface area contributed by atoms with Crippen LogP contribution in [0.2, 0.25) is 0 Å². The number of aliphatic hydroxyl groups excluding tert-OH is 1. The molecule has 1 aromatic carbocycles. The number of benzene rings is 1. The van der Waals surface area contributed by atoms with Gasteiger partial charge in [-0.1, -0.05) is 22.0 Å². The van der Waals surface area contributed by atoms with Crippen molar-refractivity contribution in [3.63, 3.8) is 0 Å². The first kappa shape index (κ1) is 14.2. The van der Waals surface area contributed by atoms with E-state index in [1.165, 1.54) is 18.5 Å². The van der Waals surface area contributed by atoms with Crippen molar-refractivity contribution in [3.8, 4) is 0 Å². The maximum atomic E-state index is 9.63. The van der Waals surface area contributed by atoms with Gasteiger partial charge in [-0.25, -0.2) is 0 Å². The van der Waals surface area contributed by atoms with E-state index in [0.717, 1.165) is 28.4 Å². The minimum absolute atomic E-state index is 0.421. The molecule has 1 unspecified atom stereocenters. The first-order chi connectivity index (χ1) is 8.61. The Labute approximate surface area is 122 Å². The van der Waals surface area contributed by atoms with E-state index in [4.69, 9.17) is 0 Å². The van der Waals surface area contributed by atoms with Gasteiger partial charge in [-0.2, -0.15) is 11.8 Å². The first-order valence-corrected chi connectivity index (χ1v) is 8.45. The molecule has 0 aromatic heterocycles. The van der Waals surface area contributed by atoms with Gasteiger partial charge in [-0.15, -0.1) is 0 Å². The average Bonchev–Trinajstić information content (AvgIpc) is 2.38. The maximum Gasteiger partial charge on any atom is 0.0772 e. The molecule has 1 aromatic rings. The van der Waals surface area contributed by atoms with Crippen molar-refractivity contribution in [2.45, 2.75) is 31.1 Å². The first-order valence-electron chi connectivity index (χ1n) is 6.37. The molecule has 0 amide bonds. The Hall–Kier alpha value is -0.190. The molecule has 0 spiro atoms. The summed E-state index contributed by atoms with van der Waals surface area (Å²) in [6.07, 6.45) is 4.30. The van der Waals surface area contributed by atoms with E-state index in [2.05, 4.69) is 39.2 Å². The molecule has 0 saturated carbocycles. The second-order valence-corrected chi connectivity index (χ2v) is 6.80. The van der Waals surface area contributed by atoms with E-state index in [-0.39, 0.29) is 0 Å². The molecule has 0 bridgehead atoms. The molecule has 1 saturated heterocycles. The third kappa shape index (κ3) is 3.22. The number of rotatable bonds is 3. The summed E-state index contributed by atoms with van der Waals surface area (Å²) < 4.78 is 1.00. The molecular formula is C14H20BrNOS. The molecule has 0 aliphatic carbocycles. The third-order valence-electron chi connectivity index (χ3n) is 3.57. The molecule has 4 heteroatoms. The van der Waals surface area contributed by atoms with Gasteiger partial charge in [-0.05, 0) is 43.7 Å². The van der Waals surface area contributed by atoms with Crippen molar-refractivity contribution in [2.75, 3.05) is 24.2 Å². The van der Waals surface area contributed by atoms with Crippen LogP contribution in [0.3, 0.4) is 0 Å². The summed E-state index contributed by atoms with van der Waals surface area (Å²) >= 11 is 5.53. The van der Waals surface area contributed by atoms with Gasteiger partial charge in [0.2, 0.25) is 0 Å². The molecule has 1 heterocycles. The predicted octanol–water partition coefficient (Wildman–Crippen LogP) is 3.83. The minimum Gasteiger partial charge on any atom is -0.389 e. The summed E-state index contributed by atoms with van der Waals surface area (Å²) in [5.41, 5.74) is 2.21. The van der Waals surface area contributed by atoms with E-state index in [9.17, 15) is 5.11 Å². The highest BCUT2D eigenvalue weighted by Crippen LogP contribution is 2.30. The van der Waals surface area contributed by atoms with E-state index >= 15 is 0 Å². The Kier molecular flexibility index (Phi) is 4.98. The van der Waals surface area contributed by atoms with Crippen molar-refractivity contribution in [1.29, 1.82) is 0 Å². The fourth-order valence-electron chi connectivity index (χ4n) is 2.40. The Morgan fingerprint density at radius 1 is 1.39 bits per heavy atom. The molecule has 18 heavy (non-hydrogen) atoms. The lowest BCUT2D eigenvalue weighted by Crippen LogP contribution is -2.34. The number of halogens is 1. The molecule has 1 aliphatic heterocycles. The molecule has 100 valence electrons. The smallest absolute Gasteiger partial charge is 0.0772 e. The van der Waals surface area contributed by atoms with Crippen molar-refractivity contribution in [2.24, 2.45) is 0 Å². The summed E-state index contributed by atoms with van der Waals surface area (Å²) in [6.45, 7) is 4.06. The topological polar surface area (TPSA) is 23.5 Å². The Morgan fingerprint density at radius 3 is 2.56 bits per heavy atom. The van der Waals surface area contributed by atoms with Crippen molar-refractivity contribution < 1.29 is 5.11 Å². The number of piperidine rings is 1. The molecule has 1 atom stereocenters. The molecule has 2 rings (SSSR count). The van der Waals surface area contributed by atoms with Gasteiger partial charge >= 0.3 is 0 Å². The van der Waals surface area contributed by atoms with E-state index < -0.39 is 6.10 Å². The van der Waals surface area contributed by atoms with Gasteiger partial charge in [0.05, 0.1) is 6.10 Å². The van der Waals surface area contributed by atoms with Crippen molar-refractivity contribution in [3.05, 3.63) is 28.2 Å². The Balaban J connectivity index is 2.08. The highest BCUT2D eigenvalue weighted by Gasteiger charge is 2.19. The van der Waals surface area contributed by atoms with Crippen LogP contribution >= 0.6 is 27.7 Å². The highest BCUT2D eigenvalue weighted by atomic mass is 79.9. The van der Waals surface area contributed by atoms with E-state index in [1.54, 1.807) is 6.92 Å². The molecule has 0 radical (unpaired) electrons. The fourth-order valence-corrected chi connectivity index (χ4v) is 3.78. The van der Waals surface area contributed by atoms with Crippen LogP contribution in [-0.4, -0.2) is 29.7 Å². The quantitative estimate of drug-likeness (QED) is 0.911. The predicted molar refractivity (Wildman–Crippen MR) is 83.5 cm³/mol. The number of hydrogen-bond donors (Lipinski definition) is 1. The number of aliphatic hydroxyl groups is 1. The minimum atomic E-state index is -0.421. The Morgan fingerprint density at radius 2 is 2.06 bits per heavy atom. The summed E-state index contributed by atoms with van der Waals surface area (Å²) in [6, 6.07) is 6.26. The van der Waals surface area contributed by atoms with Crippen LogP contribution in [0.1, 0.15) is 31.4 Å². The Bertz CT molecular complexity index is 403. The van der Waals surface area contributed by atoms with Crippen LogP contribution in [0.4, 0.5) is 5.69 Å². The highest BCUT2D eigenvalue weighted by molar-refractivity contribution is 9.10. The van der Waals surface area contributed by atoms with Crippen molar-refractivity contribution in [1.82, 2.24) is 0 Å². The lowest BCUT2D eigenvalue weighted by Gasteiger charge is -2.33.